The molecule has 1 N–H and O–H groups in total. The molecule has 1 unspecified atom stereocenters. The van der Waals surface area contributed by atoms with Gasteiger partial charge in [-0.05, 0) is 31.4 Å². The van der Waals surface area contributed by atoms with Gasteiger partial charge in [0.25, 0.3) is 0 Å². The van der Waals surface area contributed by atoms with E-state index in [2.05, 4.69) is 41.1 Å². The summed E-state index contributed by atoms with van der Waals surface area (Å²) in [6, 6.07) is 11.1. The molecule has 2 fully saturated rings. The summed E-state index contributed by atoms with van der Waals surface area (Å²) in [5.74, 6) is 0.192. The minimum Gasteiger partial charge on any atom is -0.390 e. The van der Waals surface area contributed by atoms with Crippen LogP contribution in [0.25, 0.3) is 0 Å². The zero-order valence-electron chi connectivity index (χ0n) is 14.6. The van der Waals surface area contributed by atoms with Crippen molar-refractivity contribution < 1.29 is 9.90 Å². The number of anilines is 1. The highest BCUT2D eigenvalue weighted by Crippen LogP contribution is 2.22. The maximum atomic E-state index is 11.7. The molecule has 0 aromatic heterocycles. The van der Waals surface area contributed by atoms with Crippen molar-refractivity contribution >= 4 is 11.6 Å². The molecule has 5 heteroatoms. The lowest BCUT2D eigenvalue weighted by Crippen LogP contribution is -2.47. The van der Waals surface area contributed by atoms with Gasteiger partial charge in [0.2, 0.25) is 5.91 Å². The molecule has 1 amide bonds. The van der Waals surface area contributed by atoms with E-state index in [0.717, 1.165) is 38.9 Å². The third-order valence-electron chi connectivity index (χ3n) is 5.34. The summed E-state index contributed by atoms with van der Waals surface area (Å²) in [6.45, 7) is 3.98. The van der Waals surface area contributed by atoms with Crippen LogP contribution < -0.4 is 4.90 Å². The first-order valence-corrected chi connectivity index (χ1v) is 9.09. The molecule has 0 saturated carbocycles. The van der Waals surface area contributed by atoms with E-state index in [4.69, 9.17) is 0 Å². The van der Waals surface area contributed by atoms with E-state index in [9.17, 15) is 9.90 Å². The fourth-order valence-electron chi connectivity index (χ4n) is 3.87. The third-order valence-corrected chi connectivity index (χ3v) is 5.34. The van der Waals surface area contributed by atoms with Crippen molar-refractivity contribution in [1.82, 2.24) is 9.80 Å². The molecule has 132 valence electrons. The van der Waals surface area contributed by atoms with Gasteiger partial charge in [0.05, 0.1) is 6.10 Å². The monoisotopic (exact) mass is 331 g/mol. The summed E-state index contributed by atoms with van der Waals surface area (Å²) in [5.41, 5.74) is 1.27. The Labute approximate surface area is 144 Å². The fraction of sp³-hybridized carbons (Fsp3) is 0.632. The van der Waals surface area contributed by atoms with Crippen LogP contribution in [0.2, 0.25) is 0 Å². The Morgan fingerprint density at radius 1 is 1.17 bits per heavy atom. The molecule has 5 nitrogen and oxygen atoms in total. The number of nitrogens with zero attached hydrogens (tertiary/aromatic N) is 3. The van der Waals surface area contributed by atoms with E-state index in [-0.39, 0.29) is 5.91 Å². The topological polar surface area (TPSA) is 47.0 Å². The van der Waals surface area contributed by atoms with Crippen molar-refractivity contribution in [3.63, 3.8) is 0 Å². The Hall–Kier alpha value is -1.59. The second kappa shape index (κ2) is 7.99. The second-order valence-corrected chi connectivity index (χ2v) is 7.08. The predicted molar refractivity (Wildman–Crippen MR) is 96.1 cm³/mol. The van der Waals surface area contributed by atoms with Gasteiger partial charge in [-0.1, -0.05) is 18.2 Å². The number of aliphatic hydroxyl groups excluding tert-OH is 1. The number of hydrogen-bond acceptors (Lipinski definition) is 4. The smallest absolute Gasteiger partial charge is 0.222 e. The van der Waals surface area contributed by atoms with Gasteiger partial charge in [0.1, 0.15) is 0 Å². The molecule has 3 rings (SSSR count). The lowest BCUT2D eigenvalue weighted by Gasteiger charge is -2.38. The molecule has 0 radical (unpaired) electrons. The van der Waals surface area contributed by atoms with Crippen molar-refractivity contribution in [3.05, 3.63) is 30.3 Å². The molecule has 2 heterocycles. The van der Waals surface area contributed by atoms with E-state index in [1.54, 1.807) is 4.90 Å². The summed E-state index contributed by atoms with van der Waals surface area (Å²) in [4.78, 5) is 18.2. The van der Waals surface area contributed by atoms with Gasteiger partial charge in [0.15, 0.2) is 0 Å². The first kappa shape index (κ1) is 17.2. The molecule has 2 aliphatic rings. The lowest BCUT2D eigenvalue weighted by molar-refractivity contribution is -0.129. The quantitative estimate of drug-likeness (QED) is 0.860. The number of piperidine rings is 1. The van der Waals surface area contributed by atoms with Gasteiger partial charge >= 0.3 is 0 Å². The normalized spacial score (nSPS) is 21.2. The Bertz CT molecular complexity index is 529. The summed E-state index contributed by atoms with van der Waals surface area (Å²) in [7, 11) is 2.17. The number of aliphatic hydroxyl groups is 1. The minimum absolute atomic E-state index is 0.192. The number of benzene rings is 1. The summed E-state index contributed by atoms with van der Waals surface area (Å²) >= 11 is 0. The maximum Gasteiger partial charge on any atom is 0.222 e. The highest BCUT2D eigenvalue weighted by Gasteiger charge is 2.26. The largest absolute Gasteiger partial charge is 0.390 e. The highest BCUT2D eigenvalue weighted by atomic mass is 16.3. The van der Waals surface area contributed by atoms with Gasteiger partial charge < -0.3 is 19.8 Å². The van der Waals surface area contributed by atoms with Gasteiger partial charge in [-0.3, -0.25) is 4.79 Å². The van der Waals surface area contributed by atoms with Crippen LogP contribution >= 0.6 is 0 Å². The van der Waals surface area contributed by atoms with E-state index in [1.807, 2.05) is 6.07 Å². The molecule has 0 spiro atoms. The Balaban J connectivity index is 1.42. The number of para-hydroxylation sites is 1. The zero-order valence-corrected chi connectivity index (χ0v) is 14.6. The predicted octanol–water partition coefficient (Wildman–Crippen LogP) is 1.57. The molecule has 1 aromatic rings. The third kappa shape index (κ3) is 4.28. The molecule has 0 aliphatic carbocycles. The van der Waals surface area contributed by atoms with Crippen LogP contribution in [-0.4, -0.2) is 72.7 Å². The molecule has 2 aliphatic heterocycles. The Morgan fingerprint density at radius 3 is 2.50 bits per heavy atom. The van der Waals surface area contributed by atoms with Gasteiger partial charge in [-0.25, -0.2) is 0 Å². The lowest BCUT2D eigenvalue weighted by atomic mass is 10.0. The van der Waals surface area contributed by atoms with Crippen molar-refractivity contribution in [1.29, 1.82) is 0 Å². The Kier molecular flexibility index (Phi) is 5.74. The number of likely N-dealkylation sites (tertiary alicyclic amines) is 2. The van der Waals surface area contributed by atoms with E-state index in [1.165, 1.54) is 5.69 Å². The molecule has 2 saturated heterocycles. The summed E-state index contributed by atoms with van der Waals surface area (Å²) in [5, 5.41) is 10.3. The summed E-state index contributed by atoms with van der Waals surface area (Å²) < 4.78 is 0. The number of rotatable bonds is 6. The van der Waals surface area contributed by atoms with E-state index >= 15 is 0 Å². The van der Waals surface area contributed by atoms with E-state index in [0.29, 0.717) is 25.6 Å². The van der Waals surface area contributed by atoms with Crippen LogP contribution in [0.15, 0.2) is 30.3 Å². The second-order valence-electron chi connectivity index (χ2n) is 7.08. The Morgan fingerprint density at radius 2 is 1.88 bits per heavy atom. The number of hydrogen-bond donors (Lipinski definition) is 1. The molecule has 1 aromatic carbocycles. The van der Waals surface area contributed by atoms with Crippen LogP contribution in [0, 0.1) is 0 Å². The van der Waals surface area contributed by atoms with Crippen molar-refractivity contribution in [3.8, 4) is 0 Å². The standard InChI is InChI=1S/C19H29N3O2/c1-20(16-6-3-2-4-7-16)17-9-12-21(13-10-17)14-18(23)15-22-11-5-8-19(22)24/h2-4,6-7,17-18,23H,5,8-15H2,1H3. The first-order chi connectivity index (χ1) is 11.6. The van der Waals surface area contributed by atoms with Gasteiger partial charge in [0, 0.05) is 57.9 Å². The van der Waals surface area contributed by atoms with Crippen molar-refractivity contribution in [2.45, 2.75) is 37.8 Å². The van der Waals surface area contributed by atoms with Gasteiger partial charge in [-0.2, -0.15) is 0 Å². The molecule has 1 atom stereocenters. The molecular formula is C19H29N3O2. The minimum atomic E-state index is -0.435. The first-order valence-electron chi connectivity index (χ1n) is 9.09. The number of carbonyl (C=O) groups excluding carboxylic acids is 1. The van der Waals surface area contributed by atoms with Crippen LogP contribution in [0.5, 0.6) is 0 Å². The van der Waals surface area contributed by atoms with Crippen LogP contribution in [0.4, 0.5) is 5.69 Å². The maximum absolute atomic E-state index is 11.7. The number of carbonyl (C=O) groups is 1. The van der Waals surface area contributed by atoms with E-state index < -0.39 is 6.10 Å². The van der Waals surface area contributed by atoms with Gasteiger partial charge in [-0.15, -0.1) is 0 Å². The SMILES string of the molecule is CN(c1ccccc1)C1CCN(CC(O)CN2CCCC2=O)CC1. The number of amides is 1. The van der Waals surface area contributed by atoms with Crippen molar-refractivity contribution in [2.24, 2.45) is 0 Å². The fourth-order valence-corrected chi connectivity index (χ4v) is 3.87. The van der Waals surface area contributed by atoms with Crippen LogP contribution in [0.1, 0.15) is 25.7 Å². The number of β-amino-alcohol motifs (C(OH)–C–C–N with tert-alkyl or cyclic N) is 1. The highest BCUT2D eigenvalue weighted by molar-refractivity contribution is 5.78. The summed E-state index contributed by atoms with van der Waals surface area (Å²) in [6.07, 6.45) is 3.37. The van der Waals surface area contributed by atoms with Crippen LogP contribution in [-0.2, 0) is 4.79 Å². The zero-order chi connectivity index (χ0) is 16.9. The van der Waals surface area contributed by atoms with Crippen LogP contribution in [0.3, 0.4) is 0 Å². The van der Waals surface area contributed by atoms with Crippen molar-refractivity contribution in [2.75, 3.05) is 44.7 Å². The average Bonchev–Trinajstić information content (AvgIpc) is 3.00. The molecular weight excluding hydrogens is 302 g/mol. The average molecular weight is 331 g/mol. The molecule has 24 heavy (non-hydrogen) atoms. The molecule has 0 bridgehead atoms.